The van der Waals surface area contributed by atoms with E-state index in [9.17, 15) is 4.79 Å². The summed E-state index contributed by atoms with van der Waals surface area (Å²) >= 11 is 4.79. The highest BCUT2D eigenvalue weighted by Crippen LogP contribution is 2.21. The van der Waals surface area contributed by atoms with E-state index in [4.69, 9.17) is 0 Å². The maximum Gasteiger partial charge on any atom is 0.230 e. The lowest BCUT2D eigenvalue weighted by atomic mass is 10.2. The molecule has 0 unspecified atom stereocenters. The van der Waals surface area contributed by atoms with Crippen molar-refractivity contribution >= 4 is 33.6 Å². The molecule has 0 saturated heterocycles. The van der Waals surface area contributed by atoms with Crippen LogP contribution in [0.2, 0.25) is 0 Å². The van der Waals surface area contributed by atoms with Gasteiger partial charge in [-0.3, -0.25) is 4.79 Å². The zero-order valence-corrected chi connectivity index (χ0v) is 13.4. The minimum atomic E-state index is 0.0239. The van der Waals surface area contributed by atoms with Gasteiger partial charge in [-0.05, 0) is 29.8 Å². The second kappa shape index (κ2) is 7.09. The normalized spacial score (nSPS) is 11.1. The molecule has 1 aromatic rings. The average Bonchev–Trinajstić information content (AvgIpc) is 2.24. The Balaban J connectivity index is 2.64. The number of nitrogens with one attached hydrogen (secondary N) is 1. The topological polar surface area (TPSA) is 54.9 Å². The van der Waals surface area contributed by atoms with E-state index in [0.717, 1.165) is 15.5 Å². The quantitative estimate of drug-likeness (QED) is 0.665. The summed E-state index contributed by atoms with van der Waals surface area (Å²) in [5, 5.41) is 3.67. The van der Waals surface area contributed by atoms with Crippen molar-refractivity contribution in [3.8, 4) is 0 Å². The number of halogens is 1. The van der Waals surface area contributed by atoms with Crippen LogP contribution in [0.25, 0.3) is 0 Å². The number of carbonyl (C=O) groups excluding carboxylic acids is 1. The van der Waals surface area contributed by atoms with E-state index in [2.05, 4.69) is 31.2 Å². The first-order valence-electron chi connectivity index (χ1n) is 5.85. The maximum atomic E-state index is 11.5. The van der Waals surface area contributed by atoms with Crippen LogP contribution in [0.5, 0.6) is 0 Å². The van der Waals surface area contributed by atoms with Gasteiger partial charge < -0.3 is 5.32 Å². The van der Waals surface area contributed by atoms with Crippen LogP contribution in [0.3, 0.4) is 0 Å². The van der Waals surface area contributed by atoms with Crippen LogP contribution in [0.4, 0.5) is 0 Å². The average molecular weight is 332 g/mol. The molecular formula is C12H18BrN3OS. The number of nitrogens with zero attached hydrogens (tertiary/aromatic N) is 2. The zero-order valence-electron chi connectivity index (χ0n) is 11.0. The molecule has 1 amide bonds. The van der Waals surface area contributed by atoms with E-state index in [1.165, 1.54) is 11.8 Å². The van der Waals surface area contributed by atoms with Crippen LogP contribution in [0.1, 0.15) is 39.4 Å². The lowest BCUT2D eigenvalue weighted by Crippen LogP contribution is -2.31. The zero-order chi connectivity index (χ0) is 13.7. The van der Waals surface area contributed by atoms with E-state index in [0.29, 0.717) is 5.75 Å². The van der Waals surface area contributed by atoms with Gasteiger partial charge in [-0.1, -0.05) is 25.6 Å². The van der Waals surface area contributed by atoms with Crippen molar-refractivity contribution in [3.05, 3.63) is 16.5 Å². The number of hydrogen-bond donors (Lipinski definition) is 1. The van der Waals surface area contributed by atoms with Crippen LogP contribution in [0, 0.1) is 0 Å². The number of thioether (sulfide) groups is 1. The van der Waals surface area contributed by atoms with Gasteiger partial charge in [0.05, 0.1) is 5.75 Å². The number of aromatic nitrogens is 2. The van der Waals surface area contributed by atoms with Crippen molar-refractivity contribution in [2.24, 2.45) is 0 Å². The molecule has 0 atom stereocenters. The molecule has 0 aliphatic carbocycles. The third-order valence-corrected chi connectivity index (χ3v) is 3.32. The fraction of sp³-hybridized carbons (Fsp3) is 0.583. The van der Waals surface area contributed by atoms with Gasteiger partial charge in [0.25, 0.3) is 0 Å². The van der Waals surface area contributed by atoms with Crippen LogP contribution >= 0.6 is 27.7 Å². The summed E-state index contributed by atoms with van der Waals surface area (Å²) in [6, 6.07) is 2.00. The summed E-state index contributed by atoms with van der Waals surface area (Å²) in [4.78, 5) is 20.3. The maximum absolute atomic E-state index is 11.5. The van der Waals surface area contributed by atoms with Crippen molar-refractivity contribution in [1.82, 2.24) is 15.3 Å². The molecule has 1 heterocycles. The molecule has 0 aromatic carbocycles. The number of hydrogen-bond acceptors (Lipinski definition) is 4. The van der Waals surface area contributed by atoms with Crippen molar-refractivity contribution < 1.29 is 4.79 Å². The molecule has 1 aromatic heterocycles. The molecule has 0 spiro atoms. The fourth-order valence-electron chi connectivity index (χ4n) is 1.25. The van der Waals surface area contributed by atoms with E-state index < -0.39 is 0 Å². The number of amides is 1. The van der Waals surface area contributed by atoms with Crippen LogP contribution < -0.4 is 5.32 Å². The van der Waals surface area contributed by atoms with Gasteiger partial charge >= 0.3 is 0 Å². The SMILES string of the molecule is CC(C)NC(=O)CSc1cc(Br)nc(C(C)C)n1. The third-order valence-electron chi connectivity index (χ3n) is 2.01. The summed E-state index contributed by atoms with van der Waals surface area (Å²) in [5.74, 6) is 1.46. The number of carbonyl (C=O) groups is 1. The predicted molar refractivity (Wildman–Crippen MR) is 77.8 cm³/mol. The lowest BCUT2D eigenvalue weighted by molar-refractivity contribution is -0.119. The van der Waals surface area contributed by atoms with Crippen LogP contribution in [-0.4, -0.2) is 27.7 Å². The van der Waals surface area contributed by atoms with Gasteiger partial charge in [0.15, 0.2) is 0 Å². The monoisotopic (exact) mass is 331 g/mol. The standard InChI is InChI=1S/C12H18BrN3OS/c1-7(2)12-15-9(13)5-11(16-12)18-6-10(17)14-8(3)4/h5,7-8H,6H2,1-4H3,(H,14,17). The Hall–Kier alpha value is -0.620. The highest BCUT2D eigenvalue weighted by atomic mass is 79.9. The lowest BCUT2D eigenvalue weighted by Gasteiger charge is -2.09. The van der Waals surface area contributed by atoms with Crippen molar-refractivity contribution in [2.75, 3.05) is 5.75 Å². The summed E-state index contributed by atoms with van der Waals surface area (Å²) in [6.45, 7) is 7.98. The summed E-state index contributed by atoms with van der Waals surface area (Å²) in [7, 11) is 0. The number of rotatable bonds is 5. The van der Waals surface area contributed by atoms with Gasteiger partial charge in [-0.25, -0.2) is 9.97 Å². The Bertz CT molecular complexity index is 424. The molecule has 0 saturated carbocycles. The predicted octanol–water partition coefficient (Wildman–Crippen LogP) is 2.98. The summed E-state index contributed by atoms with van der Waals surface area (Å²) < 4.78 is 0.757. The van der Waals surface area contributed by atoms with Gasteiger partial charge in [-0.2, -0.15) is 0 Å². The molecule has 1 rings (SSSR count). The molecule has 100 valence electrons. The minimum Gasteiger partial charge on any atom is -0.353 e. The largest absolute Gasteiger partial charge is 0.353 e. The molecule has 0 radical (unpaired) electrons. The Labute approximate surface area is 120 Å². The third kappa shape index (κ3) is 5.35. The van der Waals surface area contributed by atoms with Gasteiger partial charge in [0.2, 0.25) is 5.91 Å². The molecule has 1 N–H and O–H groups in total. The van der Waals surface area contributed by atoms with Crippen LogP contribution in [0.15, 0.2) is 15.7 Å². The molecule has 0 fully saturated rings. The first-order chi connectivity index (χ1) is 8.38. The highest BCUT2D eigenvalue weighted by molar-refractivity contribution is 9.10. The van der Waals surface area contributed by atoms with E-state index >= 15 is 0 Å². The highest BCUT2D eigenvalue weighted by Gasteiger charge is 2.09. The molecule has 6 heteroatoms. The first kappa shape index (κ1) is 15.4. The smallest absolute Gasteiger partial charge is 0.230 e. The van der Waals surface area contributed by atoms with Gasteiger partial charge in [0, 0.05) is 18.0 Å². The van der Waals surface area contributed by atoms with Gasteiger partial charge in [0.1, 0.15) is 15.5 Å². The molecule has 0 aliphatic rings. The molecule has 0 bridgehead atoms. The Kier molecular flexibility index (Phi) is 6.08. The minimum absolute atomic E-state index is 0.0239. The van der Waals surface area contributed by atoms with Crippen molar-refractivity contribution in [3.63, 3.8) is 0 Å². The second-order valence-electron chi connectivity index (χ2n) is 4.55. The Morgan fingerprint density at radius 3 is 2.61 bits per heavy atom. The molecule has 4 nitrogen and oxygen atoms in total. The molecular weight excluding hydrogens is 314 g/mol. The summed E-state index contributed by atoms with van der Waals surface area (Å²) in [5.41, 5.74) is 0. The first-order valence-corrected chi connectivity index (χ1v) is 7.63. The van der Waals surface area contributed by atoms with E-state index in [1.54, 1.807) is 0 Å². The van der Waals surface area contributed by atoms with Crippen LogP contribution in [-0.2, 0) is 4.79 Å². The Morgan fingerprint density at radius 2 is 2.06 bits per heavy atom. The fourth-order valence-corrected chi connectivity index (χ4v) is 2.51. The van der Waals surface area contributed by atoms with Crippen molar-refractivity contribution in [1.29, 1.82) is 0 Å². The Morgan fingerprint density at radius 1 is 1.39 bits per heavy atom. The molecule has 18 heavy (non-hydrogen) atoms. The van der Waals surface area contributed by atoms with Crippen molar-refractivity contribution in [2.45, 2.75) is 44.7 Å². The van der Waals surface area contributed by atoms with E-state index in [1.807, 2.05) is 33.8 Å². The molecule has 0 aliphatic heterocycles. The second-order valence-corrected chi connectivity index (χ2v) is 6.36. The van der Waals surface area contributed by atoms with Gasteiger partial charge in [-0.15, -0.1) is 0 Å². The summed E-state index contributed by atoms with van der Waals surface area (Å²) in [6.07, 6.45) is 0. The van der Waals surface area contributed by atoms with E-state index in [-0.39, 0.29) is 17.9 Å².